The van der Waals surface area contributed by atoms with Crippen LogP contribution in [0.1, 0.15) is 13.8 Å². The molecule has 0 aliphatic heterocycles. The summed E-state index contributed by atoms with van der Waals surface area (Å²) in [7, 11) is 0. The minimum Gasteiger partial charge on any atom is -0.228 e. The number of rotatable bonds is 5. The van der Waals surface area contributed by atoms with Crippen LogP contribution in [0.25, 0.3) is 56.2 Å². The molecule has 0 aliphatic rings. The lowest BCUT2D eigenvalue weighted by Gasteiger charge is -2.11. The van der Waals surface area contributed by atoms with Crippen LogP contribution in [-0.4, -0.2) is 9.97 Å². The van der Waals surface area contributed by atoms with E-state index in [0.29, 0.717) is 5.82 Å². The fourth-order valence-corrected chi connectivity index (χ4v) is 4.66. The highest BCUT2D eigenvalue weighted by molar-refractivity contribution is 6.30. The molecule has 0 aliphatic carbocycles. The quantitative estimate of drug-likeness (QED) is 0.210. The predicted octanol–water partition coefficient (Wildman–Crippen LogP) is 11.1. The Balaban J connectivity index is 0.00000158. The Morgan fingerprint density at radius 3 is 1.07 bits per heavy atom. The minimum absolute atomic E-state index is 0.696. The highest BCUT2D eigenvalue weighted by atomic mass is 35.5. The number of hydrogen-bond donors (Lipinski definition) is 0. The first-order valence-electron chi connectivity index (χ1n) is 13.3. The molecule has 0 bridgehead atoms. The molecule has 0 saturated heterocycles. The fraction of sp³-hybridized carbons (Fsp3) is 0.0556. The second kappa shape index (κ2) is 12.7. The third kappa shape index (κ3) is 6.31. The van der Waals surface area contributed by atoms with Gasteiger partial charge in [0.1, 0.15) is 0 Å². The zero-order valence-electron chi connectivity index (χ0n) is 22.4. The molecule has 0 amide bonds. The molecule has 2 nitrogen and oxygen atoms in total. The number of nitrogens with zero attached hydrogens (tertiary/aromatic N) is 2. The first-order valence-corrected chi connectivity index (χ1v) is 14.1. The standard InChI is InChI=1S/C34H22Cl2N2.C2H6/c35-30-18-14-25(15-19-30)23-6-10-27(11-7-23)32-22-33(38-34(37-32)29-4-2-1-3-5-29)28-12-8-24(9-13-28)26-16-20-31(36)21-17-26;1-2/h1-22H;1-2H3. The average molecular weight is 560 g/mol. The van der Waals surface area contributed by atoms with Crippen molar-refractivity contribution in [3.05, 3.63) is 144 Å². The minimum atomic E-state index is 0.696. The molecule has 0 N–H and O–H groups in total. The first-order chi connectivity index (χ1) is 19.6. The fourth-order valence-electron chi connectivity index (χ4n) is 4.41. The Hall–Kier alpha value is -4.24. The van der Waals surface area contributed by atoms with Gasteiger partial charge in [-0.05, 0) is 52.6 Å². The summed E-state index contributed by atoms with van der Waals surface area (Å²) in [6, 6.07) is 44.8. The molecule has 40 heavy (non-hydrogen) atoms. The Kier molecular flexibility index (Phi) is 8.71. The van der Waals surface area contributed by atoms with E-state index in [9.17, 15) is 0 Å². The van der Waals surface area contributed by atoms with Crippen LogP contribution >= 0.6 is 23.2 Å². The topological polar surface area (TPSA) is 25.8 Å². The summed E-state index contributed by atoms with van der Waals surface area (Å²) < 4.78 is 0. The zero-order chi connectivity index (χ0) is 27.9. The van der Waals surface area contributed by atoms with Crippen LogP contribution in [-0.2, 0) is 0 Å². The summed E-state index contributed by atoms with van der Waals surface area (Å²) in [5, 5.41) is 1.46. The number of halogens is 2. The lowest BCUT2D eigenvalue weighted by atomic mass is 10.0. The van der Waals surface area contributed by atoms with Gasteiger partial charge in [-0.2, -0.15) is 0 Å². The van der Waals surface area contributed by atoms with Gasteiger partial charge in [-0.3, -0.25) is 0 Å². The Bertz CT molecular complexity index is 1570. The van der Waals surface area contributed by atoms with E-state index in [1.807, 2.05) is 92.7 Å². The molecule has 196 valence electrons. The van der Waals surface area contributed by atoms with Gasteiger partial charge in [-0.1, -0.05) is 140 Å². The van der Waals surface area contributed by atoms with Gasteiger partial charge in [0.05, 0.1) is 11.4 Å². The van der Waals surface area contributed by atoms with Crippen LogP contribution in [0.15, 0.2) is 133 Å². The number of hydrogen-bond acceptors (Lipinski definition) is 2. The molecule has 4 heteroatoms. The van der Waals surface area contributed by atoms with Gasteiger partial charge in [-0.15, -0.1) is 0 Å². The van der Waals surface area contributed by atoms with Gasteiger partial charge >= 0.3 is 0 Å². The lowest BCUT2D eigenvalue weighted by Crippen LogP contribution is -1.96. The normalized spacial score (nSPS) is 10.5. The molecule has 0 fully saturated rings. The highest BCUT2D eigenvalue weighted by Crippen LogP contribution is 2.31. The SMILES string of the molecule is CC.Clc1ccc(-c2ccc(-c3cc(-c4ccc(-c5ccc(Cl)cc5)cc4)nc(-c4ccccc4)n3)cc2)cc1. The summed E-state index contributed by atoms with van der Waals surface area (Å²) in [5.41, 5.74) is 9.28. The second-order valence-electron chi connectivity index (χ2n) is 9.00. The predicted molar refractivity (Wildman–Crippen MR) is 171 cm³/mol. The van der Waals surface area contributed by atoms with Crippen LogP contribution in [0.2, 0.25) is 10.0 Å². The highest BCUT2D eigenvalue weighted by Gasteiger charge is 2.11. The van der Waals surface area contributed by atoms with Crippen molar-refractivity contribution in [1.82, 2.24) is 9.97 Å². The molecule has 0 saturated carbocycles. The van der Waals surface area contributed by atoms with E-state index in [4.69, 9.17) is 33.2 Å². The summed E-state index contributed by atoms with van der Waals surface area (Å²) in [6.45, 7) is 4.00. The van der Waals surface area contributed by atoms with Crippen LogP contribution in [0, 0.1) is 0 Å². The maximum absolute atomic E-state index is 6.06. The Labute approximate surface area is 245 Å². The van der Waals surface area contributed by atoms with Crippen molar-refractivity contribution >= 4 is 23.2 Å². The van der Waals surface area contributed by atoms with Crippen LogP contribution in [0.4, 0.5) is 0 Å². The van der Waals surface area contributed by atoms with Gasteiger partial charge in [0.25, 0.3) is 0 Å². The molecule has 6 aromatic rings. The first kappa shape index (κ1) is 27.3. The maximum atomic E-state index is 6.06. The van der Waals surface area contributed by atoms with Gasteiger partial charge < -0.3 is 0 Å². The number of aromatic nitrogens is 2. The largest absolute Gasteiger partial charge is 0.228 e. The summed E-state index contributed by atoms with van der Waals surface area (Å²) in [5.74, 6) is 0.696. The summed E-state index contributed by atoms with van der Waals surface area (Å²) in [4.78, 5) is 9.89. The van der Waals surface area contributed by atoms with Crippen molar-refractivity contribution in [2.75, 3.05) is 0 Å². The van der Waals surface area contributed by atoms with Gasteiger partial charge in [0, 0.05) is 26.7 Å². The molecule has 0 atom stereocenters. The summed E-state index contributed by atoms with van der Waals surface area (Å²) in [6.07, 6.45) is 0. The maximum Gasteiger partial charge on any atom is 0.160 e. The van der Waals surface area contributed by atoms with Crippen molar-refractivity contribution in [3.63, 3.8) is 0 Å². The molecule has 1 aromatic heterocycles. The molecule has 1 heterocycles. The molecule has 0 spiro atoms. The molecule has 6 rings (SSSR count). The van der Waals surface area contributed by atoms with Crippen molar-refractivity contribution in [1.29, 1.82) is 0 Å². The van der Waals surface area contributed by atoms with Crippen LogP contribution in [0.5, 0.6) is 0 Å². The molecule has 0 unspecified atom stereocenters. The third-order valence-electron chi connectivity index (χ3n) is 6.47. The van der Waals surface area contributed by atoms with Crippen LogP contribution in [0.3, 0.4) is 0 Å². The molecular formula is C36H28Cl2N2. The van der Waals surface area contributed by atoms with Crippen molar-refractivity contribution in [2.24, 2.45) is 0 Å². The van der Waals surface area contributed by atoms with Gasteiger partial charge in [-0.25, -0.2) is 9.97 Å². The smallest absolute Gasteiger partial charge is 0.160 e. The summed E-state index contributed by atoms with van der Waals surface area (Å²) >= 11 is 12.1. The Morgan fingerprint density at radius 1 is 0.375 bits per heavy atom. The average Bonchev–Trinajstić information content (AvgIpc) is 3.03. The van der Waals surface area contributed by atoms with E-state index in [-0.39, 0.29) is 0 Å². The van der Waals surface area contributed by atoms with E-state index >= 15 is 0 Å². The second-order valence-corrected chi connectivity index (χ2v) is 9.87. The van der Waals surface area contributed by atoms with E-state index in [0.717, 1.165) is 60.4 Å². The van der Waals surface area contributed by atoms with E-state index in [2.05, 4.69) is 54.6 Å². The third-order valence-corrected chi connectivity index (χ3v) is 6.98. The van der Waals surface area contributed by atoms with Gasteiger partial charge in [0.2, 0.25) is 0 Å². The van der Waals surface area contributed by atoms with Crippen molar-refractivity contribution < 1.29 is 0 Å². The number of benzene rings is 5. The van der Waals surface area contributed by atoms with E-state index in [1.165, 1.54) is 0 Å². The lowest BCUT2D eigenvalue weighted by molar-refractivity contribution is 1.18. The monoisotopic (exact) mass is 558 g/mol. The van der Waals surface area contributed by atoms with E-state index < -0.39 is 0 Å². The molecular weight excluding hydrogens is 531 g/mol. The van der Waals surface area contributed by atoms with E-state index in [1.54, 1.807) is 0 Å². The van der Waals surface area contributed by atoms with Gasteiger partial charge in [0.15, 0.2) is 5.82 Å². The van der Waals surface area contributed by atoms with Crippen molar-refractivity contribution in [2.45, 2.75) is 13.8 Å². The molecule has 5 aromatic carbocycles. The zero-order valence-corrected chi connectivity index (χ0v) is 23.9. The van der Waals surface area contributed by atoms with Crippen LogP contribution < -0.4 is 0 Å². The molecule has 0 radical (unpaired) electrons. The van der Waals surface area contributed by atoms with Crippen molar-refractivity contribution in [3.8, 4) is 56.2 Å². The Morgan fingerprint density at radius 2 is 0.700 bits per heavy atom.